The van der Waals surface area contributed by atoms with E-state index in [0.717, 1.165) is 25.7 Å². The molecule has 0 radical (unpaired) electrons. The number of carbonyl (C=O) groups is 2. The Hall–Kier alpha value is -2.74. The summed E-state index contributed by atoms with van der Waals surface area (Å²) >= 11 is 1.67. The zero-order chi connectivity index (χ0) is 19.3. The molecule has 0 unspecified atom stereocenters. The van der Waals surface area contributed by atoms with E-state index in [-0.39, 0.29) is 16.8 Å². The molecule has 1 aromatic carbocycles. The molecule has 1 heterocycles. The van der Waals surface area contributed by atoms with Gasteiger partial charge in [0.1, 0.15) is 5.69 Å². The third kappa shape index (κ3) is 4.33. The maximum absolute atomic E-state index is 12.3. The van der Waals surface area contributed by atoms with Crippen molar-refractivity contribution in [1.82, 2.24) is 5.32 Å². The van der Waals surface area contributed by atoms with E-state index in [2.05, 4.69) is 16.7 Å². The summed E-state index contributed by atoms with van der Waals surface area (Å²) in [5.41, 5.74) is -0.379. The van der Waals surface area contributed by atoms with Crippen LogP contribution in [0.1, 0.15) is 37.0 Å². The largest absolute Gasteiger partial charge is 0.347 e. The van der Waals surface area contributed by atoms with Gasteiger partial charge in [-0.05, 0) is 30.4 Å². The number of para-hydroxylation sites is 2. The zero-order valence-electron chi connectivity index (χ0n) is 14.8. The lowest BCUT2D eigenvalue weighted by atomic mass is 9.73. The molecular weight excluding hydrogens is 366 g/mol. The molecule has 2 aromatic rings. The van der Waals surface area contributed by atoms with Gasteiger partial charge in [0.25, 0.3) is 5.69 Å². The first-order chi connectivity index (χ1) is 13.0. The van der Waals surface area contributed by atoms with Crippen LogP contribution in [0.25, 0.3) is 0 Å². The zero-order valence-corrected chi connectivity index (χ0v) is 15.6. The van der Waals surface area contributed by atoms with Crippen molar-refractivity contribution < 1.29 is 14.5 Å². The van der Waals surface area contributed by atoms with E-state index in [9.17, 15) is 19.7 Å². The van der Waals surface area contributed by atoms with Crippen LogP contribution in [-0.4, -0.2) is 23.3 Å². The van der Waals surface area contributed by atoms with E-state index < -0.39 is 16.7 Å². The van der Waals surface area contributed by atoms with Gasteiger partial charge in [-0.1, -0.05) is 37.5 Å². The maximum atomic E-state index is 12.3. The van der Waals surface area contributed by atoms with Crippen LogP contribution in [-0.2, 0) is 15.0 Å². The summed E-state index contributed by atoms with van der Waals surface area (Å²) in [6, 6.07) is 9.82. The quantitative estimate of drug-likeness (QED) is 0.465. The van der Waals surface area contributed by atoms with Crippen LogP contribution in [0.4, 0.5) is 11.4 Å². The van der Waals surface area contributed by atoms with Crippen LogP contribution in [0.2, 0.25) is 0 Å². The average molecular weight is 387 g/mol. The molecule has 0 spiro atoms. The van der Waals surface area contributed by atoms with Gasteiger partial charge < -0.3 is 10.6 Å². The predicted octanol–water partition coefficient (Wildman–Crippen LogP) is 3.61. The van der Waals surface area contributed by atoms with Crippen molar-refractivity contribution in [2.24, 2.45) is 0 Å². The minimum absolute atomic E-state index is 0.00767. The van der Waals surface area contributed by atoms with Crippen LogP contribution >= 0.6 is 11.3 Å². The highest BCUT2D eigenvalue weighted by atomic mass is 32.1. The SMILES string of the molecule is O=C(NCC1(c2cccs2)CCCCC1)C(=O)Nc1ccccc1[N+](=O)[O-]. The summed E-state index contributed by atoms with van der Waals surface area (Å²) in [5.74, 6) is -1.68. The Morgan fingerprint density at radius 3 is 2.48 bits per heavy atom. The number of nitrogens with one attached hydrogen (secondary N) is 2. The van der Waals surface area contributed by atoms with Crippen molar-refractivity contribution in [2.75, 3.05) is 11.9 Å². The molecule has 1 fully saturated rings. The minimum Gasteiger partial charge on any atom is -0.347 e. The van der Waals surface area contributed by atoms with Gasteiger partial charge in [-0.2, -0.15) is 0 Å². The summed E-state index contributed by atoms with van der Waals surface area (Å²) in [4.78, 5) is 36.2. The lowest BCUT2D eigenvalue weighted by Gasteiger charge is -2.36. The van der Waals surface area contributed by atoms with Crippen LogP contribution < -0.4 is 10.6 Å². The molecule has 1 aliphatic carbocycles. The van der Waals surface area contributed by atoms with E-state index in [0.29, 0.717) is 6.54 Å². The van der Waals surface area contributed by atoms with Gasteiger partial charge in [0.2, 0.25) is 0 Å². The lowest BCUT2D eigenvalue weighted by Crippen LogP contribution is -2.45. The number of rotatable bonds is 5. The van der Waals surface area contributed by atoms with E-state index >= 15 is 0 Å². The van der Waals surface area contributed by atoms with Gasteiger partial charge in [0, 0.05) is 22.9 Å². The van der Waals surface area contributed by atoms with E-state index in [1.807, 2.05) is 11.4 Å². The summed E-state index contributed by atoms with van der Waals surface area (Å²) in [7, 11) is 0. The molecule has 1 aliphatic rings. The molecule has 1 aromatic heterocycles. The second-order valence-corrected chi connectivity index (χ2v) is 7.68. The summed E-state index contributed by atoms with van der Waals surface area (Å²) in [6.45, 7) is 0.386. The van der Waals surface area contributed by atoms with Crippen molar-refractivity contribution in [1.29, 1.82) is 0 Å². The number of hydrogen-bond acceptors (Lipinski definition) is 5. The standard InChI is InChI=1S/C19H21N3O4S/c23-17(18(24)21-14-7-2-3-8-15(14)22(25)26)20-13-19(10-4-1-5-11-19)16-9-6-12-27-16/h2-3,6-9,12H,1,4-5,10-11,13H2,(H,20,23)(H,21,24). The number of carbonyl (C=O) groups excluding carboxylic acids is 2. The third-order valence-electron chi connectivity index (χ3n) is 5.00. The van der Waals surface area contributed by atoms with Crippen molar-refractivity contribution in [3.8, 4) is 0 Å². The highest BCUT2D eigenvalue weighted by molar-refractivity contribution is 7.10. The Balaban J connectivity index is 1.66. The van der Waals surface area contributed by atoms with Gasteiger partial charge in [0.15, 0.2) is 0 Å². The minimum atomic E-state index is -0.901. The molecule has 1 saturated carbocycles. The number of thiophene rings is 1. The topological polar surface area (TPSA) is 101 Å². The molecule has 3 rings (SSSR count). The molecule has 0 atom stereocenters. The van der Waals surface area contributed by atoms with E-state index in [1.165, 1.54) is 29.5 Å². The fourth-order valence-corrected chi connectivity index (χ4v) is 4.55. The molecular formula is C19H21N3O4S. The molecule has 0 aliphatic heterocycles. The summed E-state index contributed by atoms with van der Waals surface area (Å²) in [5, 5.41) is 18.1. The van der Waals surface area contributed by atoms with Crippen LogP contribution in [0.15, 0.2) is 41.8 Å². The Kier molecular flexibility index (Phi) is 5.85. The average Bonchev–Trinajstić information content (AvgIpc) is 3.22. The van der Waals surface area contributed by atoms with Crippen molar-refractivity contribution >= 4 is 34.5 Å². The van der Waals surface area contributed by atoms with Crippen molar-refractivity contribution in [3.63, 3.8) is 0 Å². The first kappa shape index (κ1) is 19.0. The molecule has 2 N–H and O–H groups in total. The first-order valence-corrected chi connectivity index (χ1v) is 9.76. The highest BCUT2D eigenvalue weighted by Gasteiger charge is 2.35. The van der Waals surface area contributed by atoms with Crippen LogP contribution in [0.5, 0.6) is 0 Å². The molecule has 142 valence electrons. The molecule has 7 nitrogen and oxygen atoms in total. The number of nitrogens with zero attached hydrogens (tertiary/aromatic N) is 1. The number of hydrogen-bond donors (Lipinski definition) is 2. The summed E-state index contributed by atoms with van der Waals surface area (Å²) < 4.78 is 0. The second-order valence-electron chi connectivity index (χ2n) is 6.73. The normalized spacial score (nSPS) is 15.7. The van der Waals surface area contributed by atoms with Crippen molar-refractivity contribution in [3.05, 3.63) is 56.8 Å². The Bertz CT molecular complexity index is 829. The summed E-state index contributed by atoms with van der Waals surface area (Å²) in [6.07, 6.45) is 5.31. The molecule has 0 saturated heterocycles. The smallest absolute Gasteiger partial charge is 0.313 e. The molecule has 8 heteroatoms. The van der Waals surface area contributed by atoms with Crippen molar-refractivity contribution in [2.45, 2.75) is 37.5 Å². The van der Waals surface area contributed by atoms with Crippen LogP contribution in [0, 0.1) is 10.1 Å². The van der Waals surface area contributed by atoms with Gasteiger partial charge in [-0.25, -0.2) is 0 Å². The Morgan fingerprint density at radius 2 is 1.81 bits per heavy atom. The van der Waals surface area contributed by atoms with Crippen LogP contribution in [0.3, 0.4) is 0 Å². The van der Waals surface area contributed by atoms with E-state index in [1.54, 1.807) is 17.4 Å². The number of nitro groups is 1. The second kappa shape index (κ2) is 8.30. The maximum Gasteiger partial charge on any atom is 0.313 e. The third-order valence-corrected chi connectivity index (χ3v) is 6.11. The fourth-order valence-electron chi connectivity index (χ4n) is 3.57. The van der Waals surface area contributed by atoms with Gasteiger partial charge >= 0.3 is 11.8 Å². The first-order valence-electron chi connectivity index (χ1n) is 8.88. The number of benzene rings is 1. The number of anilines is 1. The predicted molar refractivity (Wildman–Crippen MR) is 104 cm³/mol. The van der Waals surface area contributed by atoms with Gasteiger partial charge in [0.05, 0.1) is 4.92 Å². The molecule has 2 amide bonds. The molecule has 0 bridgehead atoms. The van der Waals surface area contributed by atoms with Gasteiger partial charge in [-0.3, -0.25) is 19.7 Å². The molecule has 27 heavy (non-hydrogen) atoms. The number of amides is 2. The van der Waals surface area contributed by atoms with Gasteiger partial charge in [-0.15, -0.1) is 11.3 Å². The Labute approximate surface area is 160 Å². The number of nitro benzene ring substituents is 1. The monoisotopic (exact) mass is 387 g/mol. The highest BCUT2D eigenvalue weighted by Crippen LogP contribution is 2.41. The fraction of sp³-hybridized carbons (Fsp3) is 0.368. The Morgan fingerprint density at radius 1 is 1.07 bits per heavy atom. The van der Waals surface area contributed by atoms with E-state index in [4.69, 9.17) is 0 Å². The lowest BCUT2D eigenvalue weighted by molar-refractivity contribution is -0.383.